The molecule has 0 aromatic carbocycles. The minimum atomic E-state index is -2.87. The second-order valence-electron chi connectivity index (χ2n) is 5.04. The van der Waals surface area contributed by atoms with Crippen LogP contribution in [0.5, 0.6) is 0 Å². The molecule has 20 heavy (non-hydrogen) atoms. The number of alkyl halides is 1. The molecule has 0 N–H and O–H groups in total. The van der Waals surface area contributed by atoms with Gasteiger partial charge in [-0.05, 0) is 34.3 Å². The van der Waals surface area contributed by atoms with Crippen molar-refractivity contribution in [3.05, 3.63) is 22.6 Å². The van der Waals surface area contributed by atoms with E-state index in [2.05, 4.69) is 25.9 Å². The lowest BCUT2D eigenvalue weighted by Crippen LogP contribution is -2.14. The largest absolute Gasteiger partial charge is 0.311 e. The van der Waals surface area contributed by atoms with E-state index in [9.17, 15) is 8.42 Å². The van der Waals surface area contributed by atoms with Gasteiger partial charge in [0.05, 0.1) is 17.4 Å². The number of fused-ring (bicyclic) bond motifs is 1. The molecule has 108 valence electrons. The van der Waals surface area contributed by atoms with Gasteiger partial charge in [0.25, 0.3) is 0 Å². The van der Waals surface area contributed by atoms with Crippen molar-refractivity contribution in [2.24, 2.45) is 5.92 Å². The van der Waals surface area contributed by atoms with Crippen LogP contribution in [0, 0.1) is 5.92 Å². The summed E-state index contributed by atoms with van der Waals surface area (Å²) in [5.41, 5.74) is 1.53. The van der Waals surface area contributed by atoms with E-state index in [0.29, 0.717) is 13.0 Å². The lowest BCUT2D eigenvalue weighted by molar-refractivity contribution is 0.489. The molecule has 0 radical (unpaired) electrons. The van der Waals surface area contributed by atoms with Gasteiger partial charge in [-0.25, -0.2) is 18.4 Å². The van der Waals surface area contributed by atoms with E-state index >= 15 is 0 Å². The number of imidazole rings is 1. The van der Waals surface area contributed by atoms with Gasteiger partial charge in [0.15, 0.2) is 15.5 Å². The Morgan fingerprint density at radius 3 is 2.95 bits per heavy atom. The molecule has 3 heterocycles. The Kier molecular flexibility index (Phi) is 3.77. The zero-order valence-corrected chi connectivity index (χ0v) is 13.7. The Hall–Kier alpha value is -0.660. The fourth-order valence-electron chi connectivity index (χ4n) is 2.60. The fraction of sp³-hybridized carbons (Fsp3) is 0.500. The molecule has 5 nitrogen and oxygen atoms in total. The number of aromatic nitrogens is 3. The summed E-state index contributed by atoms with van der Waals surface area (Å²) in [5.74, 6) is 1.65. The highest BCUT2D eigenvalue weighted by Gasteiger charge is 2.29. The van der Waals surface area contributed by atoms with Crippen LogP contribution in [-0.4, -0.2) is 34.5 Å². The summed E-state index contributed by atoms with van der Waals surface area (Å²) in [4.78, 5) is 8.83. The second-order valence-corrected chi connectivity index (χ2v) is 8.45. The number of hydrogen-bond acceptors (Lipinski definition) is 4. The molecular weight excluding hydrogens is 366 g/mol. The van der Waals surface area contributed by atoms with Crippen LogP contribution in [0.1, 0.15) is 12.2 Å². The first kappa shape index (κ1) is 14.3. The van der Waals surface area contributed by atoms with Crippen LogP contribution in [0.2, 0.25) is 0 Å². The number of nitrogens with zero attached hydrogens (tertiary/aromatic N) is 3. The molecule has 0 saturated carbocycles. The van der Waals surface area contributed by atoms with Crippen molar-refractivity contribution >= 4 is 48.5 Å². The van der Waals surface area contributed by atoms with Crippen molar-refractivity contribution in [3.8, 4) is 0 Å². The van der Waals surface area contributed by atoms with Crippen molar-refractivity contribution in [2.45, 2.75) is 18.8 Å². The highest BCUT2D eigenvalue weighted by molar-refractivity contribution is 9.10. The first-order chi connectivity index (χ1) is 9.48. The van der Waals surface area contributed by atoms with Crippen LogP contribution < -0.4 is 0 Å². The van der Waals surface area contributed by atoms with Gasteiger partial charge < -0.3 is 4.57 Å². The number of hydrogen-bond donors (Lipinski definition) is 0. The topological polar surface area (TPSA) is 64.8 Å². The molecular formula is C12H13BrClN3O2S. The summed E-state index contributed by atoms with van der Waals surface area (Å²) < 4.78 is 25.9. The average molecular weight is 379 g/mol. The van der Waals surface area contributed by atoms with Crippen LogP contribution in [0.4, 0.5) is 0 Å². The molecule has 8 heteroatoms. The molecule has 1 unspecified atom stereocenters. The van der Waals surface area contributed by atoms with Gasteiger partial charge in [0, 0.05) is 17.2 Å². The molecule has 1 saturated heterocycles. The Labute approximate surface area is 130 Å². The maximum Gasteiger partial charge on any atom is 0.160 e. The molecule has 1 aliphatic rings. The normalized spacial score (nSPS) is 21.6. The number of rotatable bonds is 3. The van der Waals surface area contributed by atoms with Gasteiger partial charge in [-0.15, -0.1) is 11.6 Å². The SMILES string of the molecule is O=S1(=O)CCC(Cn2c(CCl)nc3cc(Br)cnc32)C1. The molecule has 1 aliphatic heterocycles. The van der Waals surface area contributed by atoms with Crippen molar-refractivity contribution < 1.29 is 8.42 Å². The second kappa shape index (κ2) is 5.27. The van der Waals surface area contributed by atoms with E-state index < -0.39 is 9.84 Å². The molecule has 0 aliphatic carbocycles. The molecule has 2 aromatic rings. The van der Waals surface area contributed by atoms with Crippen LogP contribution in [-0.2, 0) is 22.3 Å². The minimum absolute atomic E-state index is 0.116. The summed E-state index contributed by atoms with van der Waals surface area (Å²) in [6.45, 7) is 0.604. The van der Waals surface area contributed by atoms with Crippen molar-refractivity contribution in [2.75, 3.05) is 11.5 Å². The van der Waals surface area contributed by atoms with Gasteiger partial charge >= 0.3 is 0 Å². The zero-order chi connectivity index (χ0) is 14.3. The Morgan fingerprint density at radius 1 is 1.50 bits per heavy atom. The van der Waals surface area contributed by atoms with E-state index in [1.54, 1.807) is 6.20 Å². The third kappa shape index (κ3) is 2.71. The Balaban J connectivity index is 1.98. The number of halogens is 2. The van der Waals surface area contributed by atoms with Gasteiger partial charge in [-0.2, -0.15) is 0 Å². The predicted octanol–water partition coefficient (Wildman–Crippen LogP) is 2.37. The lowest BCUT2D eigenvalue weighted by Gasteiger charge is -2.11. The van der Waals surface area contributed by atoms with Gasteiger partial charge in [0.1, 0.15) is 11.3 Å². The maximum absolute atomic E-state index is 11.6. The van der Waals surface area contributed by atoms with E-state index in [0.717, 1.165) is 21.5 Å². The van der Waals surface area contributed by atoms with Gasteiger partial charge in [-0.1, -0.05) is 0 Å². The van der Waals surface area contributed by atoms with Gasteiger partial charge in [0.2, 0.25) is 0 Å². The number of pyridine rings is 1. The number of sulfone groups is 1. The molecule has 2 aromatic heterocycles. The lowest BCUT2D eigenvalue weighted by atomic mass is 10.1. The zero-order valence-electron chi connectivity index (χ0n) is 10.6. The van der Waals surface area contributed by atoms with Crippen molar-refractivity contribution in [1.82, 2.24) is 14.5 Å². The molecule has 3 rings (SSSR count). The average Bonchev–Trinajstić information content (AvgIpc) is 2.90. The summed E-state index contributed by atoms with van der Waals surface area (Å²) in [5, 5.41) is 0. The molecule has 1 atom stereocenters. The van der Waals surface area contributed by atoms with E-state index in [-0.39, 0.29) is 23.3 Å². The molecule has 1 fully saturated rings. The van der Waals surface area contributed by atoms with Gasteiger partial charge in [-0.3, -0.25) is 0 Å². The molecule has 0 spiro atoms. The highest BCUT2D eigenvalue weighted by Crippen LogP contribution is 2.25. The molecule has 0 bridgehead atoms. The Morgan fingerprint density at radius 2 is 2.30 bits per heavy atom. The summed E-state index contributed by atoms with van der Waals surface area (Å²) in [6.07, 6.45) is 2.41. The summed E-state index contributed by atoms with van der Waals surface area (Å²) in [6, 6.07) is 1.89. The van der Waals surface area contributed by atoms with Crippen LogP contribution in [0.3, 0.4) is 0 Å². The van der Waals surface area contributed by atoms with E-state index in [1.165, 1.54) is 0 Å². The Bertz CT molecular complexity index is 759. The third-order valence-electron chi connectivity index (χ3n) is 3.52. The maximum atomic E-state index is 11.6. The smallest absolute Gasteiger partial charge is 0.160 e. The third-order valence-corrected chi connectivity index (χ3v) is 6.03. The van der Waals surface area contributed by atoms with Crippen LogP contribution >= 0.6 is 27.5 Å². The monoisotopic (exact) mass is 377 g/mol. The van der Waals surface area contributed by atoms with E-state index in [1.807, 2.05) is 10.6 Å². The summed E-state index contributed by atoms with van der Waals surface area (Å²) in [7, 11) is -2.87. The summed E-state index contributed by atoms with van der Waals surface area (Å²) >= 11 is 9.31. The quantitative estimate of drug-likeness (QED) is 0.769. The first-order valence-electron chi connectivity index (χ1n) is 6.25. The highest BCUT2D eigenvalue weighted by atomic mass is 79.9. The first-order valence-corrected chi connectivity index (χ1v) is 9.40. The van der Waals surface area contributed by atoms with E-state index in [4.69, 9.17) is 11.6 Å². The standard InChI is InChI=1S/C12H13BrClN3O2S/c13-9-3-10-12(15-5-9)17(11(4-14)16-10)6-8-1-2-20(18,19)7-8/h3,5,8H,1-2,4,6-7H2. The minimum Gasteiger partial charge on any atom is -0.311 e. The fourth-order valence-corrected chi connectivity index (χ4v) is 4.97. The van der Waals surface area contributed by atoms with Crippen molar-refractivity contribution in [1.29, 1.82) is 0 Å². The van der Waals surface area contributed by atoms with Crippen LogP contribution in [0.25, 0.3) is 11.2 Å². The van der Waals surface area contributed by atoms with Crippen LogP contribution in [0.15, 0.2) is 16.7 Å². The predicted molar refractivity (Wildman–Crippen MR) is 81.5 cm³/mol. The van der Waals surface area contributed by atoms with Crippen molar-refractivity contribution in [3.63, 3.8) is 0 Å². The molecule has 0 amide bonds.